The van der Waals surface area contributed by atoms with Crippen LogP contribution in [0.3, 0.4) is 0 Å². The predicted octanol–water partition coefficient (Wildman–Crippen LogP) is 3.95. The van der Waals surface area contributed by atoms with Gasteiger partial charge < -0.3 is 4.74 Å². The molecule has 112 valence electrons. The summed E-state index contributed by atoms with van der Waals surface area (Å²) >= 11 is 9.13. The van der Waals surface area contributed by atoms with E-state index in [0.717, 1.165) is 25.9 Å². The molecule has 1 aliphatic rings. The van der Waals surface area contributed by atoms with Crippen molar-refractivity contribution in [2.45, 2.75) is 38.3 Å². The number of ether oxygens (including phenoxy) is 1. The molecule has 0 spiro atoms. The summed E-state index contributed by atoms with van der Waals surface area (Å²) in [6.45, 7) is 2.74. The average molecular weight is 366 g/mol. The number of nitrogens with one attached hydrogen (secondary N) is 1. The van der Waals surface area contributed by atoms with Crippen LogP contribution >= 0.6 is 27.5 Å². The van der Waals surface area contributed by atoms with Crippen molar-refractivity contribution in [2.75, 3.05) is 6.61 Å². The van der Waals surface area contributed by atoms with Crippen LogP contribution in [0.1, 0.15) is 37.8 Å². The number of nitrogens with two attached hydrogens (primary N) is 1. The van der Waals surface area contributed by atoms with E-state index in [1.807, 2.05) is 6.92 Å². The molecule has 0 heterocycles. The van der Waals surface area contributed by atoms with E-state index in [9.17, 15) is 4.39 Å². The average Bonchev–Trinajstić information content (AvgIpc) is 2.40. The van der Waals surface area contributed by atoms with Gasteiger partial charge in [-0.1, -0.05) is 17.7 Å². The Labute approximate surface area is 132 Å². The van der Waals surface area contributed by atoms with Gasteiger partial charge in [0, 0.05) is 22.7 Å². The van der Waals surface area contributed by atoms with Crippen LogP contribution in [0, 0.1) is 11.7 Å². The molecule has 0 aliphatic heterocycles. The zero-order chi connectivity index (χ0) is 14.7. The molecule has 1 saturated carbocycles. The Hall–Kier alpha value is -0.200. The van der Waals surface area contributed by atoms with Crippen LogP contribution in [-0.2, 0) is 4.74 Å². The van der Waals surface area contributed by atoms with Gasteiger partial charge in [-0.2, -0.15) is 0 Å². The van der Waals surface area contributed by atoms with Gasteiger partial charge in [-0.25, -0.2) is 4.39 Å². The van der Waals surface area contributed by atoms with Gasteiger partial charge in [0.25, 0.3) is 0 Å². The summed E-state index contributed by atoms with van der Waals surface area (Å²) in [5, 5.41) is 0.101. The van der Waals surface area contributed by atoms with Crippen molar-refractivity contribution >= 4 is 27.5 Å². The van der Waals surface area contributed by atoms with Crippen LogP contribution in [0.25, 0.3) is 0 Å². The molecule has 20 heavy (non-hydrogen) atoms. The molecule has 0 bridgehead atoms. The van der Waals surface area contributed by atoms with Gasteiger partial charge in [0.2, 0.25) is 0 Å². The van der Waals surface area contributed by atoms with Crippen LogP contribution in [0.15, 0.2) is 16.6 Å². The Morgan fingerprint density at radius 1 is 1.55 bits per heavy atom. The first-order valence-electron chi connectivity index (χ1n) is 6.77. The highest BCUT2D eigenvalue weighted by atomic mass is 79.9. The van der Waals surface area contributed by atoms with Crippen molar-refractivity contribution in [1.29, 1.82) is 0 Å². The number of rotatable bonds is 6. The first kappa shape index (κ1) is 16.2. The summed E-state index contributed by atoms with van der Waals surface area (Å²) in [6.07, 6.45) is 3.16. The molecular formula is C14H19BrClFN2O. The van der Waals surface area contributed by atoms with Crippen molar-refractivity contribution in [3.05, 3.63) is 33.0 Å². The fourth-order valence-corrected chi connectivity index (χ4v) is 3.15. The predicted molar refractivity (Wildman–Crippen MR) is 81.9 cm³/mol. The molecule has 6 heteroatoms. The molecule has 0 aromatic heterocycles. The van der Waals surface area contributed by atoms with E-state index < -0.39 is 5.82 Å². The molecule has 1 aromatic rings. The molecule has 1 unspecified atom stereocenters. The third kappa shape index (κ3) is 3.52. The second kappa shape index (κ2) is 7.18. The molecule has 3 nitrogen and oxygen atoms in total. The van der Waals surface area contributed by atoms with E-state index >= 15 is 0 Å². The van der Waals surface area contributed by atoms with E-state index in [4.69, 9.17) is 22.2 Å². The van der Waals surface area contributed by atoms with Gasteiger partial charge in [-0.15, -0.1) is 0 Å². The number of benzene rings is 1. The third-order valence-electron chi connectivity index (χ3n) is 3.81. The summed E-state index contributed by atoms with van der Waals surface area (Å²) in [4.78, 5) is 0. The monoisotopic (exact) mass is 364 g/mol. The number of halogens is 3. The lowest BCUT2D eigenvalue weighted by Gasteiger charge is -2.37. The molecule has 3 N–H and O–H groups in total. The van der Waals surface area contributed by atoms with E-state index in [1.165, 1.54) is 0 Å². The lowest BCUT2D eigenvalue weighted by Crippen LogP contribution is -2.37. The van der Waals surface area contributed by atoms with Crippen molar-refractivity contribution < 1.29 is 9.13 Å². The normalized spacial score (nSPS) is 23.4. The van der Waals surface area contributed by atoms with Gasteiger partial charge in [0.05, 0.1) is 11.1 Å². The minimum atomic E-state index is -0.412. The maximum absolute atomic E-state index is 14.2. The zero-order valence-electron chi connectivity index (χ0n) is 11.3. The minimum absolute atomic E-state index is 0.101. The van der Waals surface area contributed by atoms with E-state index in [1.54, 1.807) is 12.1 Å². The molecule has 2 rings (SSSR count). The largest absolute Gasteiger partial charge is 0.378 e. The summed E-state index contributed by atoms with van der Waals surface area (Å²) < 4.78 is 20.3. The SMILES string of the molecule is CCOC1CC(CC(NN)c2ccc(Br)c(Cl)c2F)C1. The Balaban J connectivity index is 2.01. The molecule has 1 atom stereocenters. The molecule has 0 radical (unpaired) electrons. The fraction of sp³-hybridized carbons (Fsp3) is 0.571. The molecular weight excluding hydrogens is 347 g/mol. The third-order valence-corrected chi connectivity index (χ3v) is 5.06. The van der Waals surface area contributed by atoms with Crippen molar-refractivity contribution in [3.8, 4) is 0 Å². The first-order chi connectivity index (χ1) is 9.56. The molecule has 1 aliphatic carbocycles. The van der Waals surface area contributed by atoms with Gasteiger partial charge in [0.1, 0.15) is 5.82 Å². The summed E-state index contributed by atoms with van der Waals surface area (Å²) in [5.74, 6) is 5.68. The van der Waals surface area contributed by atoms with Crippen molar-refractivity contribution in [1.82, 2.24) is 5.43 Å². The van der Waals surface area contributed by atoms with Crippen LogP contribution in [0.2, 0.25) is 5.02 Å². The highest BCUT2D eigenvalue weighted by molar-refractivity contribution is 9.10. The zero-order valence-corrected chi connectivity index (χ0v) is 13.7. The number of hydrogen-bond acceptors (Lipinski definition) is 3. The van der Waals surface area contributed by atoms with E-state index in [0.29, 0.717) is 22.1 Å². The van der Waals surface area contributed by atoms with Crippen molar-refractivity contribution in [3.63, 3.8) is 0 Å². The summed E-state index contributed by atoms with van der Waals surface area (Å²) in [5.41, 5.74) is 3.21. The Kier molecular flexibility index (Phi) is 5.81. The highest BCUT2D eigenvalue weighted by Crippen LogP contribution is 2.38. The van der Waals surface area contributed by atoms with Crippen molar-refractivity contribution in [2.24, 2.45) is 11.8 Å². The van der Waals surface area contributed by atoms with E-state index in [2.05, 4.69) is 21.4 Å². The number of hydrazine groups is 1. The standard InChI is InChI=1S/C14H19BrClFN2O/c1-2-20-9-5-8(6-9)7-12(19-18)10-3-4-11(15)13(16)14(10)17/h3-4,8-9,12,19H,2,5-7,18H2,1H3. The minimum Gasteiger partial charge on any atom is -0.378 e. The topological polar surface area (TPSA) is 47.3 Å². The van der Waals surface area contributed by atoms with Crippen LogP contribution in [-0.4, -0.2) is 12.7 Å². The molecule has 0 saturated heterocycles. The maximum atomic E-state index is 14.2. The van der Waals surface area contributed by atoms with Gasteiger partial charge in [-0.3, -0.25) is 11.3 Å². The number of hydrogen-bond donors (Lipinski definition) is 2. The lowest BCUT2D eigenvalue weighted by atomic mass is 9.77. The molecule has 1 fully saturated rings. The van der Waals surface area contributed by atoms with Crippen LogP contribution in [0.4, 0.5) is 4.39 Å². The highest BCUT2D eigenvalue weighted by Gasteiger charge is 2.32. The Morgan fingerprint density at radius 2 is 2.25 bits per heavy atom. The quantitative estimate of drug-likeness (QED) is 0.456. The second-order valence-corrected chi connectivity index (χ2v) is 6.37. The lowest BCUT2D eigenvalue weighted by molar-refractivity contribution is -0.0292. The summed E-state index contributed by atoms with van der Waals surface area (Å²) in [6, 6.07) is 3.23. The first-order valence-corrected chi connectivity index (χ1v) is 7.95. The fourth-order valence-electron chi connectivity index (χ4n) is 2.67. The van der Waals surface area contributed by atoms with Crippen LogP contribution in [0.5, 0.6) is 0 Å². The molecule has 1 aromatic carbocycles. The molecule has 0 amide bonds. The van der Waals surface area contributed by atoms with Gasteiger partial charge in [0.15, 0.2) is 0 Å². The Morgan fingerprint density at radius 3 is 2.85 bits per heavy atom. The van der Waals surface area contributed by atoms with Gasteiger partial charge >= 0.3 is 0 Å². The maximum Gasteiger partial charge on any atom is 0.147 e. The smallest absolute Gasteiger partial charge is 0.147 e. The second-order valence-electron chi connectivity index (χ2n) is 5.13. The van der Waals surface area contributed by atoms with E-state index in [-0.39, 0.29) is 11.1 Å². The van der Waals surface area contributed by atoms with Crippen LogP contribution < -0.4 is 11.3 Å². The Bertz CT molecular complexity index is 469. The van der Waals surface area contributed by atoms with Gasteiger partial charge in [-0.05, 0) is 54.1 Å². The summed E-state index contributed by atoms with van der Waals surface area (Å²) in [7, 11) is 0.